The summed E-state index contributed by atoms with van der Waals surface area (Å²) in [7, 11) is 0. The average Bonchev–Trinajstić information content (AvgIpc) is 2.74. The quantitative estimate of drug-likeness (QED) is 0.350. The molecule has 0 bridgehead atoms. The molecule has 0 saturated heterocycles. The highest BCUT2D eigenvalue weighted by molar-refractivity contribution is 6.32. The van der Waals surface area contributed by atoms with E-state index in [0.29, 0.717) is 5.69 Å². The molecule has 3 rings (SSSR count). The summed E-state index contributed by atoms with van der Waals surface area (Å²) in [5.41, 5.74) is 6.05. The fourth-order valence-electron chi connectivity index (χ4n) is 2.80. The molecule has 1 heterocycles. The second-order valence-electron chi connectivity index (χ2n) is 6.62. The van der Waals surface area contributed by atoms with Gasteiger partial charge in [0.05, 0.1) is 9.85 Å². The normalized spacial score (nSPS) is 10.3. The molecule has 0 aliphatic rings. The fourth-order valence-corrected chi connectivity index (χ4v) is 2.98. The van der Waals surface area contributed by atoms with E-state index in [4.69, 9.17) is 11.6 Å². The number of benzene rings is 2. The molecule has 0 fully saturated rings. The number of hydrogen-bond acceptors (Lipinski definition) is 9. The lowest BCUT2D eigenvalue weighted by Crippen LogP contribution is -2.30. The molecule has 12 nitrogen and oxygen atoms in total. The topological polar surface area (TPSA) is 165 Å². The van der Waals surface area contributed by atoms with Crippen molar-refractivity contribution >= 4 is 46.2 Å². The average molecular weight is 458 g/mol. The predicted octanol–water partition coefficient (Wildman–Crippen LogP) is 4.06. The van der Waals surface area contributed by atoms with E-state index in [1.165, 1.54) is 12.1 Å². The van der Waals surface area contributed by atoms with Gasteiger partial charge >= 0.3 is 5.69 Å². The van der Waals surface area contributed by atoms with Crippen LogP contribution in [-0.2, 0) is 0 Å². The lowest BCUT2D eigenvalue weighted by molar-refractivity contribution is -0.384. The maximum absolute atomic E-state index is 12.4. The Morgan fingerprint density at radius 3 is 2.38 bits per heavy atom. The van der Waals surface area contributed by atoms with Gasteiger partial charge in [-0.2, -0.15) is 0 Å². The van der Waals surface area contributed by atoms with E-state index < -0.39 is 27.1 Å². The van der Waals surface area contributed by atoms with Gasteiger partial charge in [-0.05, 0) is 37.6 Å². The zero-order chi connectivity index (χ0) is 23.4. The van der Waals surface area contributed by atoms with Gasteiger partial charge in [-0.1, -0.05) is 29.3 Å². The van der Waals surface area contributed by atoms with Crippen LogP contribution in [0.1, 0.15) is 21.5 Å². The first-order valence-corrected chi connectivity index (χ1v) is 9.39. The van der Waals surface area contributed by atoms with E-state index in [1.54, 1.807) is 6.07 Å². The number of anilines is 3. The first kappa shape index (κ1) is 22.4. The molecule has 2 aromatic carbocycles. The number of carbonyl (C=O) groups is 1. The summed E-state index contributed by atoms with van der Waals surface area (Å²) < 4.78 is 0. The minimum absolute atomic E-state index is 0.0843. The van der Waals surface area contributed by atoms with Crippen molar-refractivity contribution in [3.8, 4) is 0 Å². The number of aromatic nitrogens is 2. The van der Waals surface area contributed by atoms with E-state index in [-0.39, 0.29) is 22.2 Å². The van der Waals surface area contributed by atoms with E-state index in [1.807, 2.05) is 26.0 Å². The van der Waals surface area contributed by atoms with Gasteiger partial charge in [0.25, 0.3) is 11.6 Å². The van der Waals surface area contributed by atoms with Gasteiger partial charge in [-0.3, -0.25) is 35.9 Å². The summed E-state index contributed by atoms with van der Waals surface area (Å²) in [5.74, 6) is -1.16. The third kappa shape index (κ3) is 4.87. The van der Waals surface area contributed by atoms with Crippen LogP contribution >= 0.6 is 11.6 Å². The summed E-state index contributed by atoms with van der Waals surface area (Å²) in [5, 5.41) is 25.5. The molecular formula is C19H16ClN7O5. The number of hydrazine groups is 1. The van der Waals surface area contributed by atoms with Crippen molar-refractivity contribution in [1.82, 2.24) is 15.4 Å². The molecule has 1 aromatic heterocycles. The highest BCUT2D eigenvalue weighted by Crippen LogP contribution is 2.32. The SMILES string of the molecule is Cc1ccc(Nc2ncnc(NNC(=O)c3ccc(Cl)c([N+](=O)[O-])c3)c2[N+](=O)[O-])c(C)c1. The molecule has 0 unspecified atom stereocenters. The number of amides is 1. The monoisotopic (exact) mass is 457 g/mol. The van der Waals surface area contributed by atoms with Gasteiger partial charge in [0, 0.05) is 17.3 Å². The molecule has 0 aliphatic carbocycles. The second kappa shape index (κ2) is 9.22. The van der Waals surface area contributed by atoms with Crippen LogP contribution in [0.25, 0.3) is 0 Å². The Bertz CT molecular complexity index is 1230. The smallest absolute Gasteiger partial charge is 0.334 e. The number of aryl methyl sites for hydroxylation is 2. The molecule has 3 aromatic rings. The van der Waals surface area contributed by atoms with Crippen molar-refractivity contribution in [3.05, 3.63) is 84.7 Å². The van der Waals surface area contributed by atoms with Crippen molar-refractivity contribution in [2.24, 2.45) is 0 Å². The highest BCUT2D eigenvalue weighted by atomic mass is 35.5. The Balaban J connectivity index is 1.85. The molecule has 0 spiro atoms. The number of nitrogens with zero attached hydrogens (tertiary/aromatic N) is 4. The van der Waals surface area contributed by atoms with Crippen LogP contribution in [0.4, 0.5) is 28.7 Å². The maximum atomic E-state index is 12.4. The molecule has 32 heavy (non-hydrogen) atoms. The van der Waals surface area contributed by atoms with E-state index in [2.05, 4.69) is 26.1 Å². The number of halogens is 1. The summed E-state index contributed by atoms with van der Waals surface area (Å²) in [6.07, 6.45) is 1.08. The summed E-state index contributed by atoms with van der Waals surface area (Å²) in [6, 6.07) is 8.97. The van der Waals surface area contributed by atoms with Crippen LogP contribution in [-0.4, -0.2) is 25.7 Å². The van der Waals surface area contributed by atoms with Gasteiger partial charge in [0.2, 0.25) is 11.6 Å². The maximum Gasteiger partial charge on any atom is 0.355 e. The molecule has 0 aliphatic heterocycles. The zero-order valence-corrected chi connectivity index (χ0v) is 17.5. The molecular weight excluding hydrogens is 442 g/mol. The predicted molar refractivity (Wildman–Crippen MR) is 117 cm³/mol. The van der Waals surface area contributed by atoms with Gasteiger partial charge < -0.3 is 5.32 Å². The fraction of sp³-hybridized carbons (Fsp3) is 0.105. The first-order chi connectivity index (χ1) is 15.2. The minimum Gasteiger partial charge on any atom is -0.334 e. The van der Waals surface area contributed by atoms with Crippen LogP contribution in [0.3, 0.4) is 0 Å². The van der Waals surface area contributed by atoms with Gasteiger partial charge in [0.15, 0.2) is 0 Å². The summed E-state index contributed by atoms with van der Waals surface area (Å²) >= 11 is 5.74. The largest absolute Gasteiger partial charge is 0.355 e. The van der Waals surface area contributed by atoms with Crippen molar-refractivity contribution in [2.45, 2.75) is 13.8 Å². The zero-order valence-electron chi connectivity index (χ0n) is 16.7. The van der Waals surface area contributed by atoms with Crippen molar-refractivity contribution < 1.29 is 14.6 Å². The summed E-state index contributed by atoms with van der Waals surface area (Å²) in [4.78, 5) is 41.4. The number of carbonyl (C=O) groups excluding carboxylic acids is 1. The lowest BCUT2D eigenvalue weighted by Gasteiger charge is -2.12. The molecule has 1 amide bonds. The summed E-state index contributed by atoms with van der Waals surface area (Å²) in [6.45, 7) is 3.76. The van der Waals surface area contributed by atoms with Crippen LogP contribution in [0.2, 0.25) is 5.02 Å². The molecule has 164 valence electrons. The Morgan fingerprint density at radius 1 is 1.00 bits per heavy atom. The van der Waals surface area contributed by atoms with Crippen LogP contribution in [0.5, 0.6) is 0 Å². The lowest BCUT2D eigenvalue weighted by atomic mass is 10.1. The number of nitro benzene ring substituents is 1. The van der Waals surface area contributed by atoms with Crippen molar-refractivity contribution in [1.29, 1.82) is 0 Å². The van der Waals surface area contributed by atoms with Gasteiger partial charge in [-0.25, -0.2) is 9.97 Å². The van der Waals surface area contributed by atoms with Crippen molar-refractivity contribution in [3.63, 3.8) is 0 Å². The van der Waals surface area contributed by atoms with E-state index in [9.17, 15) is 25.0 Å². The van der Waals surface area contributed by atoms with E-state index >= 15 is 0 Å². The Morgan fingerprint density at radius 2 is 1.72 bits per heavy atom. The molecule has 0 saturated carbocycles. The van der Waals surface area contributed by atoms with Crippen LogP contribution in [0, 0.1) is 34.1 Å². The number of nitrogens with one attached hydrogen (secondary N) is 3. The highest BCUT2D eigenvalue weighted by Gasteiger charge is 2.24. The van der Waals surface area contributed by atoms with Crippen LogP contribution < -0.4 is 16.2 Å². The Labute approximate surface area is 185 Å². The second-order valence-corrected chi connectivity index (χ2v) is 7.03. The van der Waals surface area contributed by atoms with Gasteiger partial charge in [-0.15, -0.1) is 0 Å². The number of nitro groups is 2. The van der Waals surface area contributed by atoms with E-state index in [0.717, 1.165) is 23.5 Å². The first-order valence-electron chi connectivity index (χ1n) is 9.01. The molecule has 0 atom stereocenters. The molecule has 0 radical (unpaired) electrons. The van der Waals surface area contributed by atoms with Crippen LogP contribution in [0.15, 0.2) is 42.7 Å². The standard InChI is InChI=1S/C19H16ClN7O5/c1-10-3-6-14(11(2)7-10)23-17-16(27(31)32)18(22-9-21-17)24-25-19(28)12-4-5-13(20)15(8-12)26(29)30/h3-9H,1-2H3,(H,25,28)(H2,21,22,23,24). The molecule has 13 heteroatoms. The number of rotatable bonds is 7. The Hall–Kier alpha value is -4.32. The third-order valence-corrected chi connectivity index (χ3v) is 4.66. The Kier molecular flexibility index (Phi) is 6.45. The molecule has 3 N–H and O–H groups in total. The van der Waals surface area contributed by atoms with Crippen molar-refractivity contribution in [2.75, 3.05) is 10.7 Å². The number of hydrogen-bond donors (Lipinski definition) is 3. The third-order valence-electron chi connectivity index (χ3n) is 4.34. The van der Waals surface area contributed by atoms with Gasteiger partial charge in [0.1, 0.15) is 11.3 Å². The minimum atomic E-state index is -0.790.